The van der Waals surface area contributed by atoms with E-state index in [1.807, 2.05) is 18.2 Å². The van der Waals surface area contributed by atoms with Crippen LogP contribution < -0.4 is 9.47 Å². The lowest BCUT2D eigenvalue weighted by molar-refractivity contribution is -0.146. The van der Waals surface area contributed by atoms with Gasteiger partial charge in [-0.2, -0.15) is 0 Å². The van der Waals surface area contributed by atoms with Crippen LogP contribution in [0.1, 0.15) is 137 Å². The molecule has 0 saturated carbocycles. The molecule has 1 aliphatic rings. The van der Waals surface area contributed by atoms with Gasteiger partial charge in [0.1, 0.15) is 22.9 Å². The minimum absolute atomic E-state index is 0.225. The Kier molecular flexibility index (Phi) is 15.9. The molecule has 3 atom stereocenters. The number of unbranched alkanes of at least 4 members (excludes halogenated alkanes) is 2. The summed E-state index contributed by atoms with van der Waals surface area (Å²) in [7, 11) is 0. The average Bonchev–Trinajstić information content (AvgIpc) is 3.39. The number of hydrogen-bond acceptors (Lipinski definition) is 9. The maximum absolute atomic E-state index is 13.6. The summed E-state index contributed by atoms with van der Waals surface area (Å²) >= 11 is 0. The van der Waals surface area contributed by atoms with Crippen LogP contribution in [-0.4, -0.2) is 54.9 Å². The highest BCUT2D eigenvalue weighted by Crippen LogP contribution is 2.36. The Labute approximate surface area is 302 Å². The molecule has 51 heavy (non-hydrogen) atoms. The van der Waals surface area contributed by atoms with Crippen molar-refractivity contribution < 1.29 is 38.1 Å². The molecule has 3 aromatic rings. The number of Topliss-reactive ketones (excluding diaryl/α,β-unsaturated/α-hetero) is 2. The van der Waals surface area contributed by atoms with Gasteiger partial charge in [-0.15, -0.1) is 0 Å². The third-order valence-corrected chi connectivity index (χ3v) is 9.67. The number of ether oxygens (including phenoxy) is 4. The third kappa shape index (κ3) is 11.4. The number of nitrogens with zero attached hydrogens (tertiary/aromatic N) is 1. The number of esters is 2. The van der Waals surface area contributed by atoms with Gasteiger partial charge in [0.2, 0.25) is 0 Å². The van der Waals surface area contributed by atoms with E-state index in [9.17, 15) is 19.2 Å². The number of benzene rings is 2. The van der Waals surface area contributed by atoms with Crippen molar-refractivity contribution in [2.24, 2.45) is 11.8 Å². The molecule has 0 saturated heterocycles. The fraction of sp³-hybridized carbons (Fsp3) is 0.548. The fourth-order valence-corrected chi connectivity index (χ4v) is 6.31. The maximum Gasteiger partial charge on any atom is 0.305 e. The third-order valence-electron chi connectivity index (χ3n) is 9.67. The van der Waals surface area contributed by atoms with E-state index < -0.39 is 5.92 Å². The molecule has 0 amide bonds. The van der Waals surface area contributed by atoms with E-state index in [1.165, 1.54) is 0 Å². The summed E-state index contributed by atoms with van der Waals surface area (Å²) < 4.78 is 22.9. The summed E-state index contributed by atoms with van der Waals surface area (Å²) in [6.07, 6.45) is 10.1. The molecular formula is C42H55NO8. The van der Waals surface area contributed by atoms with Crippen molar-refractivity contribution >= 4 is 34.4 Å². The summed E-state index contributed by atoms with van der Waals surface area (Å²) in [4.78, 5) is 56.4. The first-order chi connectivity index (χ1) is 24.8. The van der Waals surface area contributed by atoms with Gasteiger partial charge in [0.15, 0.2) is 11.6 Å². The van der Waals surface area contributed by atoms with Crippen molar-refractivity contribution in [2.45, 2.75) is 111 Å². The predicted octanol–water partition coefficient (Wildman–Crippen LogP) is 9.23. The number of carbonyl (C=O) groups is 4. The minimum Gasteiger partial charge on any atom is -0.494 e. The second kappa shape index (κ2) is 20.5. The monoisotopic (exact) mass is 701 g/mol. The number of aromatic nitrogens is 1. The Morgan fingerprint density at radius 3 is 1.92 bits per heavy atom. The van der Waals surface area contributed by atoms with E-state index in [0.29, 0.717) is 78.3 Å². The molecule has 276 valence electrons. The second-order valence-electron chi connectivity index (χ2n) is 13.5. The molecule has 0 bridgehead atoms. The van der Waals surface area contributed by atoms with Gasteiger partial charge in [-0.05, 0) is 67.9 Å². The normalized spacial score (nSPS) is 15.0. The maximum atomic E-state index is 13.6. The van der Waals surface area contributed by atoms with Gasteiger partial charge in [0.25, 0.3) is 0 Å². The zero-order valence-corrected chi connectivity index (χ0v) is 30.9. The first-order valence-electron chi connectivity index (χ1n) is 19.0. The number of carbonyl (C=O) groups excluding carboxylic acids is 4. The topological polar surface area (TPSA) is 118 Å². The van der Waals surface area contributed by atoms with Crippen molar-refractivity contribution in [1.82, 2.24) is 4.98 Å². The largest absolute Gasteiger partial charge is 0.494 e. The van der Waals surface area contributed by atoms with Crippen LogP contribution in [-0.2, 0) is 19.1 Å². The van der Waals surface area contributed by atoms with Crippen LogP contribution in [0.2, 0.25) is 0 Å². The van der Waals surface area contributed by atoms with Crippen molar-refractivity contribution in [1.29, 1.82) is 0 Å². The molecule has 0 radical (unpaired) electrons. The highest BCUT2D eigenvalue weighted by Gasteiger charge is 2.41. The Balaban J connectivity index is 1.30. The summed E-state index contributed by atoms with van der Waals surface area (Å²) in [6, 6.07) is 14.0. The zero-order chi connectivity index (χ0) is 36.6. The van der Waals surface area contributed by atoms with Crippen LogP contribution in [0.15, 0.2) is 48.5 Å². The summed E-state index contributed by atoms with van der Waals surface area (Å²) in [5.74, 6) is -0.391. The quantitative estimate of drug-likeness (QED) is 0.0542. The summed E-state index contributed by atoms with van der Waals surface area (Å²) in [5.41, 5.74) is 1.53. The number of para-hydroxylation sites is 1. The summed E-state index contributed by atoms with van der Waals surface area (Å²) in [5, 5.41) is 0.810. The Hall–Kier alpha value is -4.27. The van der Waals surface area contributed by atoms with E-state index in [0.717, 1.165) is 56.8 Å². The molecular weight excluding hydrogens is 646 g/mol. The van der Waals surface area contributed by atoms with E-state index in [4.69, 9.17) is 23.9 Å². The van der Waals surface area contributed by atoms with Crippen LogP contribution in [0.5, 0.6) is 11.5 Å². The molecule has 1 aromatic heterocycles. The predicted molar refractivity (Wildman–Crippen MR) is 198 cm³/mol. The van der Waals surface area contributed by atoms with Crippen LogP contribution in [0.4, 0.5) is 0 Å². The van der Waals surface area contributed by atoms with Crippen molar-refractivity contribution in [2.75, 3.05) is 26.4 Å². The first kappa shape index (κ1) is 39.5. The van der Waals surface area contributed by atoms with Gasteiger partial charge in [-0.25, -0.2) is 4.98 Å². The molecule has 0 N–H and O–H groups in total. The van der Waals surface area contributed by atoms with Gasteiger partial charge in [-0.1, -0.05) is 84.4 Å². The lowest BCUT2D eigenvalue weighted by atomic mass is 9.98. The van der Waals surface area contributed by atoms with Gasteiger partial charge in [0.05, 0.1) is 32.1 Å². The smallest absolute Gasteiger partial charge is 0.305 e. The standard InChI is InChI=1S/C42H55NO8/c1-5-9-14-29(7-3)27-50-37(44)18-12-24-48-32-21-22-33-34(26-32)42(47)39(41(33)46)35-23-20-31-16-11-17-36(40(31)43-35)49-25-13-19-38(45)51-28-30(8-4)15-10-6-2/h11,16-17,20-23,26,29-30,39H,5-10,12-15,18-19,24-25,27-28H2,1-4H3. The number of rotatable bonds is 23. The fourth-order valence-electron chi connectivity index (χ4n) is 6.31. The molecule has 0 aliphatic heterocycles. The number of fused-ring (bicyclic) bond motifs is 2. The highest BCUT2D eigenvalue weighted by atomic mass is 16.5. The Morgan fingerprint density at radius 1 is 0.706 bits per heavy atom. The van der Waals surface area contributed by atoms with Crippen LogP contribution >= 0.6 is 0 Å². The molecule has 1 aliphatic carbocycles. The van der Waals surface area contributed by atoms with Gasteiger partial charge in [0, 0.05) is 29.4 Å². The first-order valence-corrected chi connectivity index (χ1v) is 19.0. The van der Waals surface area contributed by atoms with Crippen molar-refractivity contribution in [3.63, 3.8) is 0 Å². The molecule has 4 rings (SSSR count). The lowest BCUT2D eigenvalue weighted by Crippen LogP contribution is -2.15. The highest BCUT2D eigenvalue weighted by molar-refractivity contribution is 6.29. The van der Waals surface area contributed by atoms with E-state index >= 15 is 0 Å². The lowest BCUT2D eigenvalue weighted by Gasteiger charge is -2.14. The zero-order valence-electron chi connectivity index (χ0n) is 30.9. The molecule has 0 spiro atoms. The number of ketones is 2. The minimum atomic E-state index is -1.06. The molecule has 9 heteroatoms. The second-order valence-corrected chi connectivity index (χ2v) is 13.5. The van der Waals surface area contributed by atoms with Crippen LogP contribution in [0.3, 0.4) is 0 Å². The molecule has 0 fully saturated rings. The van der Waals surface area contributed by atoms with Crippen molar-refractivity contribution in [3.05, 3.63) is 65.4 Å². The average molecular weight is 702 g/mol. The van der Waals surface area contributed by atoms with E-state index in [2.05, 4.69) is 27.7 Å². The summed E-state index contributed by atoms with van der Waals surface area (Å²) in [6.45, 7) is 10.0. The Bertz CT molecular complexity index is 1620. The van der Waals surface area contributed by atoms with Gasteiger partial charge < -0.3 is 18.9 Å². The van der Waals surface area contributed by atoms with Gasteiger partial charge >= 0.3 is 11.9 Å². The van der Waals surface area contributed by atoms with E-state index in [1.54, 1.807) is 30.3 Å². The molecule has 2 aromatic carbocycles. The van der Waals surface area contributed by atoms with Crippen molar-refractivity contribution in [3.8, 4) is 11.5 Å². The molecule has 3 unspecified atom stereocenters. The van der Waals surface area contributed by atoms with Crippen LogP contribution in [0, 0.1) is 11.8 Å². The number of hydrogen-bond donors (Lipinski definition) is 0. The molecule has 1 heterocycles. The van der Waals surface area contributed by atoms with E-state index in [-0.39, 0.29) is 43.0 Å². The van der Waals surface area contributed by atoms with Gasteiger partial charge in [-0.3, -0.25) is 19.2 Å². The van der Waals surface area contributed by atoms with Crippen LogP contribution in [0.25, 0.3) is 10.9 Å². The molecule has 9 nitrogen and oxygen atoms in total. The Morgan fingerprint density at radius 2 is 1.31 bits per heavy atom. The number of pyridine rings is 1. The SMILES string of the molecule is CCCCC(CC)COC(=O)CCCOc1ccc2c(c1)C(=O)C(c1ccc3cccc(OCCCC(=O)OCC(CC)CCCC)c3n1)C2=O.